The van der Waals surface area contributed by atoms with E-state index in [9.17, 15) is 14.4 Å². The number of anilines is 2. The molecule has 0 aromatic heterocycles. The summed E-state index contributed by atoms with van der Waals surface area (Å²) < 4.78 is 0. The maximum absolute atomic E-state index is 12.8. The molecule has 1 aliphatic heterocycles. The largest absolute Gasteiger partial charge is 0.338 e. The highest BCUT2D eigenvalue weighted by Crippen LogP contribution is 2.25. The third-order valence-corrected chi connectivity index (χ3v) is 5.49. The predicted octanol–water partition coefficient (Wildman–Crippen LogP) is 3.89. The third-order valence-electron chi connectivity index (χ3n) is 5.49. The van der Waals surface area contributed by atoms with Crippen molar-refractivity contribution in [3.63, 3.8) is 0 Å². The standard InChI is InChI=1S/C24H29N3O3/c1-4-17-7-9-18(10-8-17)14-27-15-19(12-23(27)29)24(30)26-21-13-20(11-6-16(21)3)25-22(28)5-2/h6-11,13,19H,4-5,12,14-15H2,1-3H3,(H,25,28)(H,26,30). The number of aryl methyl sites for hydroxylation is 2. The van der Waals surface area contributed by atoms with E-state index >= 15 is 0 Å². The highest BCUT2D eigenvalue weighted by atomic mass is 16.2. The van der Waals surface area contributed by atoms with Crippen molar-refractivity contribution in [1.82, 2.24) is 4.90 Å². The van der Waals surface area contributed by atoms with Gasteiger partial charge < -0.3 is 15.5 Å². The summed E-state index contributed by atoms with van der Waals surface area (Å²) in [5, 5.41) is 5.73. The SMILES string of the molecule is CCC(=O)Nc1ccc(C)c(NC(=O)C2CC(=O)N(Cc3ccc(CC)cc3)C2)c1. The number of benzene rings is 2. The molecule has 1 unspecified atom stereocenters. The summed E-state index contributed by atoms with van der Waals surface area (Å²) in [6.07, 6.45) is 1.58. The first-order valence-electron chi connectivity index (χ1n) is 10.5. The molecule has 0 bridgehead atoms. The van der Waals surface area contributed by atoms with Crippen LogP contribution in [0.4, 0.5) is 11.4 Å². The van der Waals surface area contributed by atoms with Gasteiger partial charge in [0.05, 0.1) is 5.92 Å². The summed E-state index contributed by atoms with van der Waals surface area (Å²) >= 11 is 0. The summed E-state index contributed by atoms with van der Waals surface area (Å²) in [6, 6.07) is 13.7. The number of amides is 3. The highest BCUT2D eigenvalue weighted by Gasteiger charge is 2.34. The number of hydrogen-bond donors (Lipinski definition) is 2. The van der Waals surface area contributed by atoms with Crippen molar-refractivity contribution < 1.29 is 14.4 Å². The Kier molecular flexibility index (Phi) is 6.87. The topological polar surface area (TPSA) is 78.5 Å². The number of nitrogens with one attached hydrogen (secondary N) is 2. The first-order chi connectivity index (χ1) is 14.4. The summed E-state index contributed by atoms with van der Waals surface area (Å²) in [6.45, 7) is 6.72. The number of nitrogens with zero attached hydrogens (tertiary/aromatic N) is 1. The van der Waals surface area contributed by atoms with E-state index in [0.717, 1.165) is 17.5 Å². The molecule has 3 amide bonds. The Bertz CT molecular complexity index is 937. The van der Waals surface area contributed by atoms with Crippen LogP contribution in [0.3, 0.4) is 0 Å². The van der Waals surface area contributed by atoms with Crippen LogP contribution in [0.5, 0.6) is 0 Å². The fourth-order valence-electron chi connectivity index (χ4n) is 3.52. The van der Waals surface area contributed by atoms with Crippen LogP contribution in [0, 0.1) is 12.8 Å². The first-order valence-corrected chi connectivity index (χ1v) is 10.5. The zero-order chi connectivity index (χ0) is 21.7. The lowest BCUT2D eigenvalue weighted by molar-refractivity contribution is -0.128. The van der Waals surface area contributed by atoms with E-state index in [0.29, 0.717) is 30.9 Å². The van der Waals surface area contributed by atoms with Crippen LogP contribution in [-0.4, -0.2) is 29.2 Å². The molecule has 6 heteroatoms. The van der Waals surface area contributed by atoms with Gasteiger partial charge in [0.15, 0.2) is 0 Å². The van der Waals surface area contributed by atoms with Crippen molar-refractivity contribution in [1.29, 1.82) is 0 Å². The van der Waals surface area contributed by atoms with Gasteiger partial charge in [-0.3, -0.25) is 14.4 Å². The van der Waals surface area contributed by atoms with E-state index < -0.39 is 0 Å². The normalized spacial score (nSPS) is 15.9. The Morgan fingerprint density at radius 3 is 2.40 bits per heavy atom. The minimum absolute atomic E-state index is 0.00426. The van der Waals surface area contributed by atoms with Crippen LogP contribution in [-0.2, 0) is 27.3 Å². The Hall–Kier alpha value is -3.15. The maximum Gasteiger partial charge on any atom is 0.229 e. The average Bonchev–Trinajstić information content (AvgIpc) is 3.11. The molecule has 0 spiro atoms. The molecule has 2 N–H and O–H groups in total. The van der Waals surface area contributed by atoms with E-state index in [2.05, 4.69) is 29.7 Å². The summed E-state index contributed by atoms with van der Waals surface area (Å²) in [5.74, 6) is -0.648. The molecule has 30 heavy (non-hydrogen) atoms. The van der Waals surface area contributed by atoms with E-state index in [1.807, 2.05) is 31.2 Å². The molecule has 2 aromatic rings. The fraction of sp³-hybridized carbons (Fsp3) is 0.375. The third kappa shape index (κ3) is 5.26. The van der Waals surface area contributed by atoms with Gasteiger partial charge in [0.1, 0.15) is 0 Å². The van der Waals surface area contributed by atoms with Gasteiger partial charge in [-0.05, 0) is 42.2 Å². The second-order valence-electron chi connectivity index (χ2n) is 7.77. The van der Waals surface area contributed by atoms with Crippen molar-refractivity contribution in [3.8, 4) is 0 Å². The molecule has 1 heterocycles. The molecule has 6 nitrogen and oxygen atoms in total. The molecular weight excluding hydrogens is 378 g/mol. The van der Waals surface area contributed by atoms with Crippen LogP contribution in [0.15, 0.2) is 42.5 Å². The molecule has 1 saturated heterocycles. The minimum atomic E-state index is -0.388. The smallest absolute Gasteiger partial charge is 0.229 e. The zero-order valence-electron chi connectivity index (χ0n) is 17.8. The van der Waals surface area contributed by atoms with Crippen LogP contribution in [0.1, 0.15) is 43.4 Å². The second-order valence-corrected chi connectivity index (χ2v) is 7.77. The lowest BCUT2D eigenvalue weighted by Gasteiger charge is -2.17. The monoisotopic (exact) mass is 407 g/mol. The Morgan fingerprint density at radius 1 is 1.03 bits per heavy atom. The molecule has 158 valence electrons. The van der Waals surface area contributed by atoms with Gasteiger partial charge in [-0.2, -0.15) is 0 Å². The Balaban J connectivity index is 1.62. The van der Waals surface area contributed by atoms with Crippen molar-refractivity contribution in [2.75, 3.05) is 17.2 Å². The quantitative estimate of drug-likeness (QED) is 0.731. The van der Waals surface area contributed by atoms with Gasteiger partial charge in [0.2, 0.25) is 17.7 Å². The van der Waals surface area contributed by atoms with E-state index in [1.54, 1.807) is 17.9 Å². The molecular formula is C24H29N3O3. The molecule has 0 saturated carbocycles. The number of likely N-dealkylation sites (tertiary alicyclic amines) is 1. The van der Waals surface area contributed by atoms with E-state index in [-0.39, 0.29) is 30.1 Å². The molecule has 3 rings (SSSR count). The molecule has 1 atom stereocenters. The Labute approximate surface area is 177 Å². The minimum Gasteiger partial charge on any atom is -0.338 e. The Morgan fingerprint density at radius 2 is 1.73 bits per heavy atom. The van der Waals surface area contributed by atoms with Crippen molar-refractivity contribution in [3.05, 3.63) is 59.2 Å². The van der Waals surface area contributed by atoms with Crippen molar-refractivity contribution >= 4 is 29.1 Å². The van der Waals surface area contributed by atoms with E-state index in [1.165, 1.54) is 5.56 Å². The molecule has 1 fully saturated rings. The lowest BCUT2D eigenvalue weighted by atomic mass is 10.1. The van der Waals surface area contributed by atoms with Gasteiger partial charge >= 0.3 is 0 Å². The van der Waals surface area contributed by atoms with E-state index in [4.69, 9.17) is 0 Å². The zero-order valence-corrected chi connectivity index (χ0v) is 17.8. The lowest BCUT2D eigenvalue weighted by Crippen LogP contribution is -2.28. The van der Waals surface area contributed by atoms with Crippen LogP contribution < -0.4 is 10.6 Å². The number of rotatable bonds is 7. The second kappa shape index (κ2) is 9.57. The molecule has 1 aliphatic rings. The molecule has 0 radical (unpaired) electrons. The first kappa shape index (κ1) is 21.6. The summed E-state index contributed by atoms with van der Waals surface area (Å²) in [4.78, 5) is 38.6. The number of carbonyl (C=O) groups excluding carboxylic acids is 3. The van der Waals surface area contributed by atoms with Crippen molar-refractivity contribution in [2.24, 2.45) is 5.92 Å². The predicted molar refractivity (Wildman–Crippen MR) is 118 cm³/mol. The van der Waals surface area contributed by atoms with Gasteiger partial charge in [0, 0.05) is 37.3 Å². The van der Waals surface area contributed by atoms with Gasteiger partial charge in [-0.1, -0.05) is 44.2 Å². The number of carbonyl (C=O) groups is 3. The van der Waals surface area contributed by atoms with Gasteiger partial charge in [0.25, 0.3) is 0 Å². The highest BCUT2D eigenvalue weighted by molar-refractivity contribution is 5.98. The average molecular weight is 408 g/mol. The van der Waals surface area contributed by atoms with Gasteiger partial charge in [-0.25, -0.2) is 0 Å². The van der Waals surface area contributed by atoms with Crippen LogP contribution in [0.25, 0.3) is 0 Å². The van der Waals surface area contributed by atoms with Crippen molar-refractivity contribution in [2.45, 2.75) is 46.6 Å². The summed E-state index contributed by atoms with van der Waals surface area (Å²) in [7, 11) is 0. The number of hydrogen-bond acceptors (Lipinski definition) is 3. The van der Waals surface area contributed by atoms with Crippen LogP contribution in [0.2, 0.25) is 0 Å². The molecule has 0 aliphatic carbocycles. The maximum atomic E-state index is 12.8. The summed E-state index contributed by atoms with van der Waals surface area (Å²) in [5.41, 5.74) is 4.51. The van der Waals surface area contributed by atoms with Crippen LogP contribution >= 0.6 is 0 Å². The van der Waals surface area contributed by atoms with Gasteiger partial charge in [-0.15, -0.1) is 0 Å². The molecule has 2 aromatic carbocycles. The fourth-order valence-corrected chi connectivity index (χ4v) is 3.52.